The number of hydrogen-bond acceptors (Lipinski definition) is 5. The number of carbonyl (C=O) groups excluding carboxylic acids is 1. The first-order valence-electron chi connectivity index (χ1n) is 9.03. The highest BCUT2D eigenvalue weighted by Gasteiger charge is 2.47. The van der Waals surface area contributed by atoms with E-state index >= 15 is 0 Å². The first kappa shape index (κ1) is 17.2. The van der Waals surface area contributed by atoms with E-state index in [0.717, 1.165) is 25.7 Å². The number of carbonyl (C=O) groups is 2. The van der Waals surface area contributed by atoms with Crippen molar-refractivity contribution in [2.75, 3.05) is 0 Å². The van der Waals surface area contributed by atoms with Gasteiger partial charge in [0.25, 0.3) is 5.56 Å². The van der Waals surface area contributed by atoms with E-state index in [1.165, 1.54) is 22.2 Å². The summed E-state index contributed by atoms with van der Waals surface area (Å²) in [6, 6.07) is 1.04. The predicted octanol–water partition coefficient (Wildman–Crippen LogP) is 2.09. The Morgan fingerprint density at radius 3 is 2.92 bits per heavy atom. The maximum atomic E-state index is 12.8. The molecule has 1 aliphatic carbocycles. The Bertz CT molecular complexity index is 905. The van der Waals surface area contributed by atoms with Gasteiger partial charge in [0, 0.05) is 19.0 Å². The minimum absolute atomic E-state index is 0.0338. The third kappa shape index (κ3) is 2.92. The Kier molecular flexibility index (Phi) is 4.52. The van der Waals surface area contributed by atoms with Crippen LogP contribution in [0, 0.1) is 5.92 Å². The zero-order chi connectivity index (χ0) is 18.3. The number of nitrogens with zero attached hydrogens (tertiary/aromatic N) is 3. The number of fused-ring (bicyclic) bond motifs is 2. The highest BCUT2D eigenvalue weighted by molar-refractivity contribution is 7.16. The fraction of sp³-hybridized carbons (Fsp3) is 0.556. The summed E-state index contributed by atoms with van der Waals surface area (Å²) >= 11 is 1.41. The van der Waals surface area contributed by atoms with Crippen LogP contribution in [0.4, 0.5) is 0 Å². The molecule has 3 heterocycles. The number of likely N-dealkylation sites (tertiary alicyclic amines) is 1. The lowest BCUT2D eigenvalue weighted by Crippen LogP contribution is -2.46. The van der Waals surface area contributed by atoms with Gasteiger partial charge in [-0.3, -0.25) is 14.2 Å². The number of hydrogen-bond donors (Lipinski definition) is 1. The van der Waals surface area contributed by atoms with Gasteiger partial charge in [0.2, 0.25) is 5.91 Å². The number of thiophene rings is 1. The molecule has 138 valence electrons. The zero-order valence-electron chi connectivity index (χ0n) is 14.3. The summed E-state index contributed by atoms with van der Waals surface area (Å²) < 4.78 is 1.44. The van der Waals surface area contributed by atoms with Crippen LogP contribution in [0.1, 0.15) is 38.5 Å². The van der Waals surface area contributed by atoms with Crippen molar-refractivity contribution < 1.29 is 14.7 Å². The van der Waals surface area contributed by atoms with Gasteiger partial charge in [0.1, 0.15) is 10.9 Å². The van der Waals surface area contributed by atoms with Crippen molar-refractivity contribution in [3.63, 3.8) is 0 Å². The average Bonchev–Trinajstić information content (AvgIpc) is 3.25. The predicted molar refractivity (Wildman–Crippen MR) is 97.1 cm³/mol. The van der Waals surface area contributed by atoms with Crippen LogP contribution in [0.15, 0.2) is 22.6 Å². The molecule has 2 aliphatic rings. The van der Waals surface area contributed by atoms with Gasteiger partial charge in [-0.25, -0.2) is 9.78 Å². The molecule has 1 N–H and O–H groups in total. The van der Waals surface area contributed by atoms with E-state index in [-0.39, 0.29) is 30.5 Å². The molecule has 0 aromatic carbocycles. The molecule has 26 heavy (non-hydrogen) atoms. The van der Waals surface area contributed by atoms with Crippen LogP contribution in [0.5, 0.6) is 0 Å². The van der Waals surface area contributed by atoms with Crippen molar-refractivity contribution in [3.05, 3.63) is 28.1 Å². The van der Waals surface area contributed by atoms with E-state index in [4.69, 9.17) is 0 Å². The van der Waals surface area contributed by atoms with Crippen molar-refractivity contribution in [1.29, 1.82) is 0 Å². The zero-order valence-corrected chi connectivity index (χ0v) is 15.2. The molecule has 8 heteroatoms. The second-order valence-corrected chi connectivity index (χ2v) is 8.03. The number of rotatable bonds is 4. The lowest BCUT2D eigenvalue weighted by atomic mass is 9.84. The van der Waals surface area contributed by atoms with E-state index in [1.54, 1.807) is 11.0 Å². The molecule has 1 saturated heterocycles. The first-order valence-corrected chi connectivity index (χ1v) is 9.91. The van der Waals surface area contributed by atoms with Crippen LogP contribution in [-0.4, -0.2) is 43.5 Å². The van der Waals surface area contributed by atoms with Crippen LogP contribution in [0.3, 0.4) is 0 Å². The van der Waals surface area contributed by atoms with Gasteiger partial charge in [0.05, 0.1) is 11.7 Å². The van der Waals surface area contributed by atoms with Gasteiger partial charge in [-0.1, -0.05) is 12.8 Å². The van der Waals surface area contributed by atoms with Gasteiger partial charge in [-0.15, -0.1) is 11.3 Å². The van der Waals surface area contributed by atoms with Gasteiger partial charge < -0.3 is 10.0 Å². The van der Waals surface area contributed by atoms with E-state index < -0.39 is 12.0 Å². The summed E-state index contributed by atoms with van der Waals surface area (Å²) in [5, 5.41) is 11.9. The third-order valence-corrected chi connectivity index (χ3v) is 6.50. The van der Waals surface area contributed by atoms with Crippen LogP contribution < -0.4 is 5.56 Å². The molecule has 1 amide bonds. The Balaban J connectivity index is 1.51. The topological polar surface area (TPSA) is 92.5 Å². The SMILES string of the molecule is O=C(O)C1CC2CCCCC2N1C(=O)CCn1cnc2sccc2c1=O. The second-order valence-electron chi connectivity index (χ2n) is 7.14. The summed E-state index contributed by atoms with van der Waals surface area (Å²) in [5.41, 5.74) is -0.157. The lowest BCUT2D eigenvalue weighted by molar-refractivity contribution is -0.150. The molecule has 3 unspecified atom stereocenters. The minimum atomic E-state index is -0.925. The molecule has 2 fully saturated rings. The van der Waals surface area contributed by atoms with Crippen molar-refractivity contribution in [2.24, 2.45) is 5.92 Å². The Morgan fingerprint density at radius 1 is 1.31 bits per heavy atom. The first-order chi connectivity index (χ1) is 12.6. The number of aliphatic carboxylic acids is 1. The maximum absolute atomic E-state index is 12.8. The number of carboxylic acid groups (broad SMARTS) is 1. The molecule has 0 spiro atoms. The average molecular weight is 375 g/mol. The van der Waals surface area contributed by atoms with Crippen molar-refractivity contribution in [2.45, 2.75) is 57.2 Å². The maximum Gasteiger partial charge on any atom is 0.326 e. The second kappa shape index (κ2) is 6.83. The van der Waals surface area contributed by atoms with Crippen LogP contribution in [-0.2, 0) is 16.1 Å². The molecule has 0 radical (unpaired) electrons. The van der Waals surface area contributed by atoms with Gasteiger partial charge in [-0.05, 0) is 36.6 Å². The molecule has 7 nitrogen and oxygen atoms in total. The Morgan fingerprint density at radius 2 is 2.12 bits per heavy atom. The normalized spacial score (nSPS) is 25.4. The van der Waals surface area contributed by atoms with Crippen molar-refractivity contribution in [3.8, 4) is 0 Å². The molecule has 1 saturated carbocycles. The summed E-state index contributed by atoms with van der Waals surface area (Å²) in [7, 11) is 0. The fourth-order valence-corrected chi connectivity index (χ4v) is 5.16. The van der Waals surface area contributed by atoms with Gasteiger partial charge in [-0.2, -0.15) is 0 Å². The monoisotopic (exact) mass is 375 g/mol. The van der Waals surface area contributed by atoms with Crippen LogP contribution >= 0.6 is 11.3 Å². The number of aryl methyl sites for hydroxylation is 1. The summed E-state index contributed by atoms with van der Waals surface area (Å²) in [5.74, 6) is -0.810. The van der Waals surface area contributed by atoms with Crippen LogP contribution in [0.25, 0.3) is 10.2 Å². The summed E-state index contributed by atoms with van der Waals surface area (Å²) in [4.78, 5) is 43.5. The molecule has 2 aromatic heterocycles. The summed E-state index contributed by atoms with van der Waals surface area (Å²) in [6.07, 6.45) is 6.15. The molecule has 2 aromatic rings. The van der Waals surface area contributed by atoms with Crippen LogP contribution in [0.2, 0.25) is 0 Å². The van der Waals surface area contributed by atoms with Crippen molar-refractivity contribution >= 4 is 33.4 Å². The lowest BCUT2D eigenvalue weighted by Gasteiger charge is -2.33. The molecular formula is C18H21N3O4S. The molecule has 0 bridgehead atoms. The molecule has 1 aliphatic heterocycles. The van der Waals surface area contributed by atoms with E-state index in [0.29, 0.717) is 22.6 Å². The standard InChI is InChI=1S/C18H21N3O4S/c22-15(5-7-20-10-19-16-12(17(20)23)6-8-26-16)21-13-4-2-1-3-11(13)9-14(21)18(24)25/h6,8,10-11,13-14H,1-5,7,9H2,(H,24,25). The number of aromatic nitrogens is 2. The van der Waals surface area contributed by atoms with Crippen molar-refractivity contribution in [1.82, 2.24) is 14.5 Å². The van der Waals surface area contributed by atoms with Gasteiger partial charge in [0.15, 0.2) is 0 Å². The largest absolute Gasteiger partial charge is 0.480 e. The Hall–Kier alpha value is -2.22. The Labute approximate surface area is 154 Å². The number of carboxylic acids is 1. The third-order valence-electron chi connectivity index (χ3n) is 5.68. The number of amides is 1. The summed E-state index contributed by atoms with van der Waals surface area (Å²) in [6.45, 7) is 0.219. The minimum Gasteiger partial charge on any atom is -0.480 e. The van der Waals surface area contributed by atoms with Gasteiger partial charge >= 0.3 is 5.97 Å². The highest BCUT2D eigenvalue weighted by atomic mass is 32.1. The molecule has 3 atom stereocenters. The van der Waals surface area contributed by atoms with E-state index in [1.807, 2.05) is 5.38 Å². The molecular weight excluding hydrogens is 354 g/mol. The smallest absolute Gasteiger partial charge is 0.326 e. The van der Waals surface area contributed by atoms with E-state index in [9.17, 15) is 19.5 Å². The highest BCUT2D eigenvalue weighted by Crippen LogP contribution is 2.40. The van der Waals surface area contributed by atoms with E-state index in [2.05, 4.69) is 4.98 Å². The molecule has 4 rings (SSSR count). The quantitative estimate of drug-likeness (QED) is 0.883. The fourth-order valence-electron chi connectivity index (χ4n) is 4.44.